The summed E-state index contributed by atoms with van der Waals surface area (Å²) in [5, 5.41) is 4.78. The van der Waals surface area contributed by atoms with Crippen LogP contribution in [0.15, 0.2) is 5.38 Å². The van der Waals surface area contributed by atoms with E-state index in [1.54, 1.807) is 5.38 Å². The summed E-state index contributed by atoms with van der Waals surface area (Å²) in [6.45, 7) is 4.01. The zero-order valence-corrected chi connectivity index (χ0v) is 8.52. The largest absolute Gasteiger partial charge is 0.349 e. The van der Waals surface area contributed by atoms with Crippen molar-refractivity contribution >= 4 is 17.4 Å². The van der Waals surface area contributed by atoms with Gasteiger partial charge in [0.2, 0.25) is 0 Å². The molecule has 4 heteroatoms. The molecule has 1 heterocycles. The van der Waals surface area contributed by atoms with Gasteiger partial charge in [-0.15, -0.1) is 0 Å². The van der Waals surface area contributed by atoms with E-state index in [1.807, 2.05) is 6.92 Å². The number of aryl methyl sites for hydroxylation is 1. The summed E-state index contributed by atoms with van der Waals surface area (Å²) in [6.07, 6.45) is 1.11. The Morgan fingerprint density at radius 1 is 1.77 bits per heavy atom. The highest BCUT2D eigenvalue weighted by atomic mass is 32.1. The summed E-state index contributed by atoms with van der Waals surface area (Å²) >= 11 is 1.33. The zero-order valence-electron chi connectivity index (χ0n) is 7.70. The Bertz CT molecular complexity index is 334. The van der Waals surface area contributed by atoms with Crippen molar-refractivity contribution in [2.24, 2.45) is 5.92 Å². The summed E-state index contributed by atoms with van der Waals surface area (Å²) in [5.74, 6) is 0.677. The van der Waals surface area contributed by atoms with E-state index in [0.29, 0.717) is 12.0 Å². The molecular formula is C9H12N2OS. The van der Waals surface area contributed by atoms with Gasteiger partial charge in [0.25, 0.3) is 5.91 Å². The molecule has 70 valence electrons. The Kier molecular flexibility index (Phi) is 2.07. The van der Waals surface area contributed by atoms with Crippen LogP contribution >= 0.6 is 11.5 Å². The number of hydrogen-bond acceptors (Lipinski definition) is 3. The monoisotopic (exact) mass is 196 g/mol. The molecule has 0 saturated heterocycles. The smallest absolute Gasteiger partial charge is 0.254 e. The summed E-state index contributed by atoms with van der Waals surface area (Å²) in [5.41, 5.74) is 1.56. The lowest BCUT2D eigenvalue weighted by Crippen LogP contribution is -2.26. The van der Waals surface area contributed by atoms with Gasteiger partial charge in [0.1, 0.15) is 0 Å². The van der Waals surface area contributed by atoms with Gasteiger partial charge in [0.05, 0.1) is 11.3 Å². The van der Waals surface area contributed by atoms with Crippen LogP contribution in [0.3, 0.4) is 0 Å². The van der Waals surface area contributed by atoms with Crippen LogP contribution < -0.4 is 5.32 Å². The second kappa shape index (κ2) is 3.10. The maximum absolute atomic E-state index is 11.6. The normalized spacial score (nSPS) is 25.7. The van der Waals surface area contributed by atoms with Crippen LogP contribution in [0.4, 0.5) is 0 Å². The van der Waals surface area contributed by atoms with Gasteiger partial charge in [-0.2, -0.15) is 4.37 Å². The van der Waals surface area contributed by atoms with Crippen molar-refractivity contribution in [3.8, 4) is 0 Å². The van der Waals surface area contributed by atoms with E-state index < -0.39 is 0 Å². The van der Waals surface area contributed by atoms with Crippen molar-refractivity contribution in [3.63, 3.8) is 0 Å². The fraction of sp³-hybridized carbons (Fsp3) is 0.556. The average Bonchev–Trinajstić information content (AvgIpc) is 2.62. The van der Waals surface area contributed by atoms with Crippen LogP contribution in [0.25, 0.3) is 0 Å². The second-order valence-corrected chi connectivity index (χ2v) is 4.24. The first kappa shape index (κ1) is 8.69. The van der Waals surface area contributed by atoms with E-state index in [4.69, 9.17) is 0 Å². The van der Waals surface area contributed by atoms with Crippen molar-refractivity contribution in [1.29, 1.82) is 0 Å². The summed E-state index contributed by atoms with van der Waals surface area (Å²) < 4.78 is 4.07. The van der Waals surface area contributed by atoms with Crippen molar-refractivity contribution in [1.82, 2.24) is 9.69 Å². The predicted octanol–water partition coefficient (Wildman–Crippen LogP) is 1.59. The van der Waals surface area contributed by atoms with E-state index in [-0.39, 0.29) is 5.91 Å². The van der Waals surface area contributed by atoms with Gasteiger partial charge in [-0.1, -0.05) is 6.92 Å². The van der Waals surface area contributed by atoms with Crippen LogP contribution in [0.5, 0.6) is 0 Å². The molecule has 1 aliphatic rings. The van der Waals surface area contributed by atoms with Crippen LogP contribution in [0, 0.1) is 12.8 Å². The quantitative estimate of drug-likeness (QED) is 0.780. The molecule has 2 rings (SSSR count). The molecular weight excluding hydrogens is 184 g/mol. The predicted molar refractivity (Wildman–Crippen MR) is 51.9 cm³/mol. The minimum atomic E-state index is 0.0283. The van der Waals surface area contributed by atoms with E-state index >= 15 is 0 Å². The third kappa shape index (κ3) is 1.72. The summed E-state index contributed by atoms with van der Waals surface area (Å²) in [6, 6.07) is 0.395. The molecule has 1 fully saturated rings. The lowest BCUT2D eigenvalue weighted by Gasteiger charge is -2.01. The fourth-order valence-electron chi connectivity index (χ4n) is 1.28. The molecule has 1 saturated carbocycles. The first-order valence-corrected chi connectivity index (χ1v) is 5.24. The number of carbonyl (C=O) groups is 1. The number of carbonyl (C=O) groups excluding carboxylic acids is 1. The number of amides is 1. The standard InChI is InChI=1S/C9H12N2OS/c1-5-3-8(5)10-9(12)7-4-13-11-6(7)2/h4-5,8H,3H2,1-2H3,(H,10,12). The van der Waals surface area contributed by atoms with Gasteiger partial charge >= 0.3 is 0 Å². The minimum absolute atomic E-state index is 0.0283. The minimum Gasteiger partial charge on any atom is -0.349 e. The number of nitrogens with one attached hydrogen (secondary N) is 1. The van der Waals surface area contributed by atoms with Crippen LogP contribution in [0.2, 0.25) is 0 Å². The second-order valence-electron chi connectivity index (χ2n) is 3.61. The maximum Gasteiger partial charge on any atom is 0.254 e. The Morgan fingerprint density at radius 2 is 2.46 bits per heavy atom. The molecule has 0 aliphatic heterocycles. The van der Waals surface area contributed by atoms with Crippen LogP contribution in [0.1, 0.15) is 29.4 Å². The number of aromatic nitrogens is 1. The summed E-state index contributed by atoms with van der Waals surface area (Å²) in [7, 11) is 0. The average molecular weight is 196 g/mol. The molecule has 1 aromatic rings. The highest BCUT2D eigenvalue weighted by Crippen LogP contribution is 2.29. The Labute approximate surface area is 81.3 Å². The Hall–Kier alpha value is -0.900. The van der Waals surface area contributed by atoms with Crippen molar-refractivity contribution in [3.05, 3.63) is 16.6 Å². The van der Waals surface area contributed by atoms with Gasteiger partial charge < -0.3 is 5.32 Å². The molecule has 2 atom stereocenters. The zero-order chi connectivity index (χ0) is 9.42. The van der Waals surface area contributed by atoms with Crippen molar-refractivity contribution in [2.45, 2.75) is 26.3 Å². The molecule has 1 amide bonds. The molecule has 0 bridgehead atoms. The van der Waals surface area contributed by atoms with Crippen molar-refractivity contribution < 1.29 is 4.79 Å². The topological polar surface area (TPSA) is 42.0 Å². The van der Waals surface area contributed by atoms with Crippen LogP contribution in [-0.2, 0) is 0 Å². The molecule has 1 aliphatic carbocycles. The fourth-order valence-corrected chi connectivity index (χ4v) is 1.97. The van der Waals surface area contributed by atoms with Gasteiger partial charge in [-0.3, -0.25) is 4.79 Å². The van der Waals surface area contributed by atoms with E-state index in [0.717, 1.165) is 17.7 Å². The molecule has 0 spiro atoms. The van der Waals surface area contributed by atoms with Gasteiger partial charge in [0.15, 0.2) is 0 Å². The first-order chi connectivity index (χ1) is 6.18. The lowest BCUT2D eigenvalue weighted by molar-refractivity contribution is 0.0949. The SMILES string of the molecule is Cc1nscc1C(=O)NC1CC1C. The Balaban J connectivity index is 2.01. The maximum atomic E-state index is 11.6. The lowest BCUT2D eigenvalue weighted by atomic mass is 10.2. The highest BCUT2D eigenvalue weighted by molar-refractivity contribution is 7.03. The highest BCUT2D eigenvalue weighted by Gasteiger charge is 2.34. The van der Waals surface area contributed by atoms with Gasteiger partial charge in [-0.05, 0) is 30.8 Å². The van der Waals surface area contributed by atoms with Gasteiger partial charge in [0, 0.05) is 11.4 Å². The third-order valence-corrected chi connectivity index (χ3v) is 3.14. The molecule has 1 N–H and O–H groups in total. The van der Waals surface area contributed by atoms with Crippen molar-refractivity contribution in [2.75, 3.05) is 0 Å². The Morgan fingerprint density at radius 3 is 2.92 bits per heavy atom. The molecule has 0 radical (unpaired) electrons. The van der Waals surface area contributed by atoms with Gasteiger partial charge in [-0.25, -0.2) is 0 Å². The van der Waals surface area contributed by atoms with Crippen LogP contribution in [-0.4, -0.2) is 16.3 Å². The molecule has 1 aromatic heterocycles. The molecule has 0 aromatic carbocycles. The molecule has 3 nitrogen and oxygen atoms in total. The molecule has 2 unspecified atom stereocenters. The first-order valence-electron chi connectivity index (χ1n) is 4.40. The van der Waals surface area contributed by atoms with E-state index in [9.17, 15) is 4.79 Å². The van der Waals surface area contributed by atoms with E-state index in [2.05, 4.69) is 16.6 Å². The number of rotatable bonds is 2. The number of nitrogens with zero attached hydrogens (tertiary/aromatic N) is 1. The third-order valence-electron chi connectivity index (χ3n) is 2.42. The van der Waals surface area contributed by atoms with E-state index in [1.165, 1.54) is 11.5 Å². The summed E-state index contributed by atoms with van der Waals surface area (Å²) in [4.78, 5) is 11.6. The number of hydrogen-bond donors (Lipinski definition) is 1. The molecule has 13 heavy (non-hydrogen) atoms.